The third-order valence-electron chi connectivity index (χ3n) is 3.57. The zero-order valence-corrected chi connectivity index (χ0v) is 12.0. The highest BCUT2D eigenvalue weighted by atomic mass is 16.5. The number of piperidine rings is 1. The van der Waals surface area contributed by atoms with E-state index in [2.05, 4.69) is 4.90 Å². The first-order chi connectivity index (χ1) is 9.67. The lowest BCUT2D eigenvalue weighted by Gasteiger charge is -2.33. The summed E-state index contributed by atoms with van der Waals surface area (Å²) >= 11 is 0. The second-order valence-corrected chi connectivity index (χ2v) is 5.30. The molecule has 5 nitrogen and oxygen atoms in total. The molecular weight excluding hydrogens is 256 g/mol. The van der Waals surface area contributed by atoms with Gasteiger partial charge in [-0.1, -0.05) is 6.07 Å². The van der Waals surface area contributed by atoms with Gasteiger partial charge < -0.3 is 20.3 Å². The number of anilines is 1. The quantitative estimate of drug-likeness (QED) is 0.764. The maximum Gasteiger partial charge on any atom is 0.121 e. The summed E-state index contributed by atoms with van der Waals surface area (Å²) in [6.07, 6.45) is 1.99. The van der Waals surface area contributed by atoms with Crippen LogP contribution >= 0.6 is 0 Å². The van der Waals surface area contributed by atoms with E-state index in [1.165, 1.54) is 0 Å². The van der Waals surface area contributed by atoms with Gasteiger partial charge in [0.05, 0.1) is 6.10 Å². The number of methoxy groups -OCH3 is 1. The van der Waals surface area contributed by atoms with Gasteiger partial charge in [-0.25, -0.2) is 0 Å². The number of likely N-dealkylation sites (tertiary alicyclic amines) is 1. The van der Waals surface area contributed by atoms with Gasteiger partial charge in [-0.05, 0) is 31.5 Å². The van der Waals surface area contributed by atoms with Crippen LogP contribution in [0.5, 0.6) is 5.75 Å². The molecular formula is C15H24N2O3. The molecule has 3 N–H and O–H groups in total. The minimum Gasteiger partial charge on any atom is -0.491 e. The summed E-state index contributed by atoms with van der Waals surface area (Å²) in [5.74, 6) is 0.692. The Bertz CT molecular complexity index is 414. The lowest BCUT2D eigenvalue weighted by atomic mass is 10.1. The summed E-state index contributed by atoms with van der Waals surface area (Å²) in [5.41, 5.74) is 6.34. The van der Waals surface area contributed by atoms with E-state index in [1.807, 2.05) is 18.2 Å². The molecule has 1 fully saturated rings. The molecule has 0 radical (unpaired) electrons. The van der Waals surface area contributed by atoms with Crippen LogP contribution in [0.2, 0.25) is 0 Å². The van der Waals surface area contributed by atoms with Crippen LogP contribution in [0, 0.1) is 0 Å². The maximum absolute atomic E-state index is 10.1. The van der Waals surface area contributed by atoms with Crippen molar-refractivity contribution in [1.82, 2.24) is 4.90 Å². The molecule has 2 unspecified atom stereocenters. The standard InChI is InChI=1S/C15H24N2O3/c1-19-15-6-3-7-17(10-15)9-13(18)11-20-14-5-2-4-12(16)8-14/h2,4-5,8,13,15,18H,3,6-7,9-11,16H2,1H3. The first kappa shape index (κ1) is 15.1. The zero-order valence-electron chi connectivity index (χ0n) is 12.0. The highest BCUT2D eigenvalue weighted by molar-refractivity contribution is 5.43. The largest absolute Gasteiger partial charge is 0.491 e. The Balaban J connectivity index is 1.73. The van der Waals surface area contributed by atoms with E-state index in [9.17, 15) is 5.11 Å². The van der Waals surface area contributed by atoms with Crippen molar-refractivity contribution in [1.29, 1.82) is 0 Å². The Hall–Kier alpha value is -1.30. The van der Waals surface area contributed by atoms with E-state index in [0.717, 1.165) is 25.9 Å². The molecule has 2 rings (SSSR count). The van der Waals surface area contributed by atoms with Gasteiger partial charge in [0.2, 0.25) is 0 Å². The number of benzene rings is 1. The minimum atomic E-state index is -0.507. The van der Waals surface area contributed by atoms with Gasteiger partial charge >= 0.3 is 0 Å². The molecule has 1 heterocycles. The predicted molar refractivity (Wildman–Crippen MR) is 78.8 cm³/mol. The second-order valence-electron chi connectivity index (χ2n) is 5.30. The van der Waals surface area contributed by atoms with Crippen molar-refractivity contribution >= 4 is 5.69 Å². The maximum atomic E-state index is 10.1. The van der Waals surface area contributed by atoms with Crippen molar-refractivity contribution < 1.29 is 14.6 Å². The molecule has 0 amide bonds. The zero-order chi connectivity index (χ0) is 14.4. The van der Waals surface area contributed by atoms with E-state index in [-0.39, 0.29) is 12.7 Å². The molecule has 1 aromatic carbocycles. The molecule has 1 aromatic rings. The Morgan fingerprint density at radius 2 is 2.35 bits per heavy atom. The predicted octanol–water partition coefficient (Wildman–Crippen LogP) is 1.12. The number of hydrogen-bond donors (Lipinski definition) is 2. The van der Waals surface area contributed by atoms with Crippen molar-refractivity contribution in [3.63, 3.8) is 0 Å². The minimum absolute atomic E-state index is 0.275. The fourth-order valence-electron chi connectivity index (χ4n) is 2.52. The molecule has 0 aromatic heterocycles. The van der Waals surface area contributed by atoms with Gasteiger partial charge in [0.15, 0.2) is 0 Å². The summed E-state index contributed by atoms with van der Waals surface area (Å²) in [4.78, 5) is 2.23. The van der Waals surface area contributed by atoms with Crippen LogP contribution in [0.25, 0.3) is 0 Å². The summed E-state index contributed by atoms with van der Waals surface area (Å²) in [7, 11) is 1.74. The van der Waals surface area contributed by atoms with Crippen molar-refractivity contribution in [2.45, 2.75) is 25.0 Å². The van der Waals surface area contributed by atoms with Gasteiger partial charge in [0, 0.05) is 32.0 Å². The van der Waals surface area contributed by atoms with Crippen molar-refractivity contribution in [2.75, 3.05) is 39.1 Å². The normalized spacial score (nSPS) is 21.6. The van der Waals surface area contributed by atoms with Crippen molar-refractivity contribution in [2.24, 2.45) is 0 Å². The van der Waals surface area contributed by atoms with Crippen LogP contribution in [0.4, 0.5) is 5.69 Å². The molecule has 20 heavy (non-hydrogen) atoms. The number of nitrogens with zero attached hydrogens (tertiary/aromatic N) is 1. The molecule has 0 saturated carbocycles. The fourth-order valence-corrected chi connectivity index (χ4v) is 2.52. The van der Waals surface area contributed by atoms with Crippen LogP contribution in [0.15, 0.2) is 24.3 Å². The molecule has 1 aliphatic heterocycles. The number of nitrogens with two attached hydrogens (primary N) is 1. The average molecular weight is 280 g/mol. The Morgan fingerprint density at radius 1 is 1.50 bits per heavy atom. The number of aliphatic hydroxyl groups excluding tert-OH is 1. The summed E-state index contributed by atoms with van der Waals surface area (Å²) in [5, 5.41) is 10.1. The van der Waals surface area contributed by atoms with E-state index in [4.69, 9.17) is 15.2 Å². The molecule has 0 bridgehead atoms. The molecule has 5 heteroatoms. The van der Waals surface area contributed by atoms with Crippen LogP contribution in [-0.4, -0.2) is 55.6 Å². The molecule has 0 spiro atoms. The lowest BCUT2D eigenvalue weighted by Crippen LogP contribution is -2.44. The monoisotopic (exact) mass is 280 g/mol. The molecule has 112 valence electrons. The molecule has 1 aliphatic rings. The van der Waals surface area contributed by atoms with Crippen molar-refractivity contribution in [3.8, 4) is 5.75 Å². The average Bonchev–Trinajstić information content (AvgIpc) is 2.45. The van der Waals surface area contributed by atoms with Gasteiger partial charge in [-0.2, -0.15) is 0 Å². The van der Waals surface area contributed by atoms with E-state index < -0.39 is 6.10 Å². The molecule has 1 saturated heterocycles. The lowest BCUT2D eigenvalue weighted by molar-refractivity contribution is 0.00445. The summed E-state index contributed by atoms with van der Waals surface area (Å²) in [6, 6.07) is 7.24. The van der Waals surface area contributed by atoms with Gasteiger partial charge in [0.1, 0.15) is 18.5 Å². The van der Waals surface area contributed by atoms with Crippen LogP contribution in [-0.2, 0) is 4.74 Å². The Morgan fingerprint density at radius 3 is 3.10 bits per heavy atom. The number of nitrogen functional groups attached to an aromatic ring is 1. The van der Waals surface area contributed by atoms with Gasteiger partial charge in [-0.3, -0.25) is 4.90 Å². The van der Waals surface area contributed by atoms with Crippen LogP contribution in [0.1, 0.15) is 12.8 Å². The first-order valence-corrected chi connectivity index (χ1v) is 7.09. The summed E-state index contributed by atoms with van der Waals surface area (Å²) in [6.45, 7) is 2.78. The van der Waals surface area contributed by atoms with Gasteiger partial charge in [0.25, 0.3) is 0 Å². The third-order valence-corrected chi connectivity index (χ3v) is 3.57. The van der Waals surface area contributed by atoms with Gasteiger partial charge in [-0.15, -0.1) is 0 Å². The smallest absolute Gasteiger partial charge is 0.121 e. The number of hydrogen-bond acceptors (Lipinski definition) is 5. The second kappa shape index (κ2) is 7.47. The number of aliphatic hydroxyl groups is 1. The SMILES string of the molecule is COC1CCCN(CC(O)COc2cccc(N)c2)C1. The van der Waals surface area contributed by atoms with Crippen LogP contribution in [0.3, 0.4) is 0 Å². The fraction of sp³-hybridized carbons (Fsp3) is 0.600. The molecule has 2 atom stereocenters. The topological polar surface area (TPSA) is 68.0 Å². The van der Waals surface area contributed by atoms with E-state index in [1.54, 1.807) is 13.2 Å². The van der Waals surface area contributed by atoms with E-state index >= 15 is 0 Å². The highest BCUT2D eigenvalue weighted by Crippen LogP contribution is 2.16. The van der Waals surface area contributed by atoms with E-state index in [0.29, 0.717) is 18.0 Å². The van der Waals surface area contributed by atoms with Crippen molar-refractivity contribution in [3.05, 3.63) is 24.3 Å². The Labute approximate surface area is 120 Å². The Kier molecular flexibility index (Phi) is 5.64. The molecule has 0 aliphatic carbocycles. The van der Waals surface area contributed by atoms with Crippen LogP contribution < -0.4 is 10.5 Å². The highest BCUT2D eigenvalue weighted by Gasteiger charge is 2.21. The number of rotatable bonds is 6. The number of ether oxygens (including phenoxy) is 2. The first-order valence-electron chi connectivity index (χ1n) is 7.09. The summed E-state index contributed by atoms with van der Waals surface area (Å²) < 4.78 is 10.9. The third kappa shape index (κ3) is 4.67. The number of β-amino-alcohol motifs (C(OH)–C–C–N with tert-alkyl or cyclic N) is 1.